The number of benzene rings is 1. The number of rotatable bonds is 4. The molecule has 18 heavy (non-hydrogen) atoms. The van der Waals surface area contributed by atoms with Crippen LogP contribution in [0.15, 0.2) is 36.9 Å². The maximum absolute atomic E-state index is 5.31. The second kappa shape index (κ2) is 5.82. The quantitative estimate of drug-likeness (QED) is 0.826. The van der Waals surface area contributed by atoms with Gasteiger partial charge in [0.05, 0.1) is 14.2 Å². The molecule has 0 fully saturated rings. The first kappa shape index (κ1) is 12.1. The van der Waals surface area contributed by atoms with Crippen molar-refractivity contribution in [3.05, 3.63) is 48.0 Å². The van der Waals surface area contributed by atoms with Gasteiger partial charge in [0.25, 0.3) is 0 Å². The summed E-state index contributed by atoms with van der Waals surface area (Å²) >= 11 is 0. The van der Waals surface area contributed by atoms with Crippen molar-refractivity contribution in [2.24, 2.45) is 0 Å². The summed E-state index contributed by atoms with van der Waals surface area (Å²) in [7, 11) is 3.27. The molecule has 4 nitrogen and oxygen atoms in total. The topological polar surface area (TPSA) is 44.2 Å². The van der Waals surface area contributed by atoms with Gasteiger partial charge in [-0.05, 0) is 12.1 Å². The Bertz CT molecular complexity index is 539. The molecule has 0 aliphatic rings. The van der Waals surface area contributed by atoms with Gasteiger partial charge >= 0.3 is 0 Å². The lowest BCUT2D eigenvalue weighted by Gasteiger charge is -2.07. The molecule has 0 saturated carbocycles. The van der Waals surface area contributed by atoms with Gasteiger partial charge in [-0.25, -0.2) is 9.97 Å². The second-order valence-electron chi connectivity index (χ2n) is 3.61. The van der Waals surface area contributed by atoms with E-state index in [-0.39, 0.29) is 0 Å². The van der Waals surface area contributed by atoms with Gasteiger partial charge in [0.1, 0.15) is 17.8 Å². The Labute approximate surface area is 106 Å². The van der Waals surface area contributed by atoms with E-state index in [9.17, 15) is 0 Å². The van der Waals surface area contributed by atoms with Gasteiger partial charge in [-0.1, -0.05) is 12.2 Å². The number of nitrogens with zero attached hydrogens (tertiary/aromatic N) is 2. The van der Waals surface area contributed by atoms with Crippen LogP contribution in [0.5, 0.6) is 11.5 Å². The molecule has 0 radical (unpaired) electrons. The summed E-state index contributed by atoms with van der Waals surface area (Å²) < 4.78 is 10.5. The van der Waals surface area contributed by atoms with Gasteiger partial charge in [0, 0.05) is 29.6 Å². The van der Waals surface area contributed by atoms with Crippen LogP contribution in [0.3, 0.4) is 0 Å². The lowest BCUT2D eigenvalue weighted by Crippen LogP contribution is -1.89. The lowest BCUT2D eigenvalue weighted by molar-refractivity contribution is 0.394. The Morgan fingerprint density at radius 1 is 1.00 bits per heavy atom. The molecule has 2 aromatic rings. The summed E-state index contributed by atoms with van der Waals surface area (Å²) in [6.07, 6.45) is 8.89. The Kier molecular flexibility index (Phi) is 3.91. The largest absolute Gasteiger partial charge is 0.497 e. The van der Waals surface area contributed by atoms with Gasteiger partial charge in [0.2, 0.25) is 0 Å². The number of aromatic nitrogens is 2. The molecule has 0 saturated heterocycles. The summed E-state index contributed by atoms with van der Waals surface area (Å²) in [6, 6.07) is 5.68. The van der Waals surface area contributed by atoms with E-state index in [2.05, 4.69) is 9.97 Å². The third kappa shape index (κ3) is 2.85. The minimum absolute atomic E-state index is 0.766. The van der Waals surface area contributed by atoms with E-state index in [4.69, 9.17) is 9.47 Å². The summed E-state index contributed by atoms with van der Waals surface area (Å²) in [4.78, 5) is 7.91. The zero-order chi connectivity index (χ0) is 12.8. The molecule has 0 atom stereocenters. The van der Waals surface area contributed by atoms with Gasteiger partial charge in [-0.15, -0.1) is 0 Å². The monoisotopic (exact) mass is 242 g/mol. The molecule has 0 bridgehead atoms. The molecular weight excluding hydrogens is 228 g/mol. The van der Waals surface area contributed by atoms with Gasteiger partial charge < -0.3 is 9.47 Å². The molecule has 1 aromatic carbocycles. The fourth-order valence-electron chi connectivity index (χ4n) is 1.54. The van der Waals surface area contributed by atoms with Crippen molar-refractivity contribution in [2.45, 2.75) is 0 Å². The number of hydrogen-bond donors (Lipinski definition) is 0. The van der Waals surface area contributed by atoms with Crippen molar-refractivity contribution < 1.29 is 9.47 Å². The van der Waals surface area contributed by atoms with Crippen LogP contribution in [-0.4, -0.2) is 24.2 Å². The minimum Gasteiger partial charge on any atom is -0.497 e. The molecule has 4 heteroatoms. The van der Waals surface area contributed by atoms with Crippen LogP contribution in [0.2, 0.25) is 0 Å². The first-order valence-corrected chi connectivity index (χ1v) is 5.48. The Balaban J connectivity index is 2.26. The van der Waals surface area contributed by atoms with E-state index in [1.807, 2.05) is 30.4 Å². The van der Waals surface area contributed by atoms with Crippen molar-refractivity contribution in [1.82, 2.24) is 9.97 Å². The van der Waals surface area contributed by atoms with E-state index in [1.54, 1.807) is 26.6 Å². The Morgan fingerprint density at radius 3 is 2.44 bits per heavy atom. The molecule has 0 N–H and O–H groups in total. The number of hydrogen-bond acceptors (Lipinski definition) is 4. The smallest absolute Gasteiger partial charge is 0.129 e. The third-order valence-electron chi connectivity index (χ3n) is 2.48. The summed E-state index contributed by atoms with van der Waals surface area (Å²) in [5.74, 6) is 1.54. The molecule has 0 aliphatic heterocycles. The van der Waals surface area contributed by atoms with E-state index >= 15 is 0 Å². The van der Waals surface area contributed by atoms with Crippen LogP contribution in [0.1, 0.15) is 11.1 Å². The van der Waals surface area contributed by atoms with E-state index < -0.39 is 0 Å². The van der Waals surface area contributed by atoms with E-state index in [0.717, 1.165) is 22.6 Å². The van der Waals surface area contributed by atoms with Crippen LogP contribution >= 0.6 is 0 Å². The fourth-order valence-corrected chi connectivity index (χ4v) is 1.54. The maximum Gasteiger partial charge on any atom is 0.129 e. The molecule has 1 heterocycles. The highest BCUT2D eigenvalue weighted by Gasteiger charge is 2.01. The molecule has 0 amide bonds. The summed E-state index contributed by atoms with van der Waals surface area (Å²) in [5.41, 5.74) is 1.91. The van der Waals surface area contributed by atoms with Gasteiger partial charge in [-0.2, -0.15) is 0 Å². The van der Waals surface area contributed by atoms with Crippen molar-refractivity contribution in [1.29, 1.82) is 0 Å². The molecule has 0 spiro atoms. The van der Waals surface area contributed by atoms with Crippen LogP contribution in [0.4, 0.5) is 0 Å². The highest BCUT2D eigenvalue weighted by atomic mass is 16.5. The van der Waals surface area contributed by atoms with Crippen molar-refractivity contribution in [3.8, 4) is 11.5 Å². The van der Waals surface area contributed by atoms with Crippen LogP contribution in [0.25, 0.3) is 12.2 Å². The summed E-state index contributed by atoms with van der Waals surface area (Å²) in [5, 5.41) is 0. The first-order chi connectivity index (χ1) is 8.83. The lowest BCUT2D eigenvalue weighted by atomic mass is 10.1. The van der Waals surface area contributed by atoms with E-state index in [1.165, 1.54) is 6.33 Å². The zero-order valence-electron chi connectivity index (χ0n) is 10.3. The van der Waals surface area contributed by atoms with Crippen molar-refractivity contribution in [3.63, 3.8) is 0 Å². The molecular formula is C14H14N2O2. The minimum atomic E-state index is 0.766. The SMILES string of the molecule is COc1ccc(/C=C/c2cncnc2)c(OC)c1. The Hall–Kier alpha value is -2.36. The van der Waals surface area contributed by atoms with Crippen LogP contribution in [0, 0.1) is 0 Å². The zero-order valence-corrected chi connectivity index (χ0v) is 10.3. The third-order valence-corrected chi connectivity index (χ3v) is 2.48. The average Bonchev–Trinajstić information content (AvgIpc) is 2.46. The molecule has 2 rings (SSSR count). The predicted octanol–water partition coefficient (Wildman–Crippen LogP) is 2.66. The first-order valence-electron chi connectivity index (χ1n) is 5.48. The van der Waals surface area contributed by atoms with Gasteiger partial charge in [0.15, 0.2) is 0 Å². The predicted molar refractivity (Wildman–Crippen MR) is 70.5 cm³/mol. The molecule has 1 aromatic heterocycles. The standard InChI is InChI=1S/C14H14N2O2/c1-17-13-6-5-12(14(7-13)18-2)4-3-11-8-15-10-16-9-11/h3-10H,1-2H3/b4-3+. The normalized spacial score (nSPS) is 10.6. The molecule has 92 valence electrons. The van der Waals surface area contributed by atoms with Crippen molar-refractivity contribution in [2.75, 3.05) is 14.2 Å². The summed E-state index contributed by atoms with van der Waals surface area (Å²) in [6.45, 7) is 0. The molecule has 0 aliphatic carbocycles. The van der Waals surface area contributed by atoms with Crippen LogP contribution < -0.4 is 9.47 Å². The van der Waals surface area contributed by atoms with Crippen molar-refractivity contribution >= 4 is 12.2 Å². The average molecular weight is 242 g/mol. The Morgan fingerprint density at radius 2 is 1.78 bits per heavy atom. The fraction of sp³-hybridized carbons (Fsp3) is 0.143. The number of methoxy groups -OCH3 is 2. The highest BCUT2D eigenvalue weighted by molar-refractivity contribution is 5.72. The maximum atomic E-state index is 5.31. The second-order valence-corrected chi connectivity index (χ2v) is 3.61. The van der Waals surface area contributed by atoms with Gasteiger partial charge in [-0.3, -0.25) is 0 Å². The van der Waals surface area contributed by atoms with Crippen LogP contribution in [-0.2, 0) is 0 Å². The molecule has 0 unspecified atom stereocenters. The van der Waals surface area contributed by atoms with E-state index in [0.29, 0.717) is 0 Å². The number of ether oxygens (including phenoxy) is 2. The highest BCUT2D eigenvalue weighted by Crippen LogP contribution is 2.26.